The number of hydrogen-bond donors (Lipinski definition) is 0. The fraction of sp³-hybridized carbons (Fsp3) is 0. The van der Waals surface area contributed by atoms with Crippen LogP contribution in [-0.4, -0.2) is 9.97 Å². The first-order valence-electron chi connectivity index (χ1n) is 4.53. The van der Waals surface area contributed by atoms with Gasteiger partial charge in [-0.25, -0.2) is 0 Å². The molecule has 3 rings (SSSR count). The Bertz CT molecular complexity index is 553. The SMILES string of the molecule is [Co+3].c1cnc2c(c1)ccc1cccnc12. The summed E-state index contributed by atoms with van der Waals surface area (Å²) in [4.78, 5) is 8.69. The Morgan fingerprint density at radius 1 is 0.667 bits per heavy atom. The summed E-state index contributed by atoms with van der Waals surface area (Å²) < 4.78 is 0. The largest absolute Gasteiger partial charge is 3.00 e. The van der Waals surface area contributed by atoms with E-state index < -0.39 is 0 Å². The first kappa shape index (κ1) is 10.1. The topological polar surface area (TPSA) is 25.8 Å². The van der Waals surface area contributed by atoms with E-state index in [1.165, 1.54) is 0 Å². The van der Waals surface area contributed by atoms with Crippen molar-refractivity contribution in [2.24, 2.45) is 0 Å². The van der Waals surface area contributed by atoms with E-state index in [4.69, 9.17) is 0 Å². The zero-order valence-corrected chi connectivity index (χ0v) is 8.89. The second kappa shape index (κ2) is 3.96. The van der Waals surface area contributed by atoms with Gasteiger partial charge in [-0.05, 0) is 12.1 Å². The summed E-state index contributed by atoms with van der Waals surface area (Å²) in [6.07, 6.45) is 3.60. The van der Waals surface area contributed by atoms with Crippen molar-refractivity contribution in [1.82, 2.24) is 9.97 Å². The molecule has 0 spiro atoms. The minimum atomic E-state index is 0. The number of nitrogens with zero attached hydrogens (tertiary/aromatic N) is 2. The molecule has 0 N–H and O–H groups in total. The summed E-state index contributed by atoms with van der Waals surface area (Å²) >= 11 is 0. The summed E-state index contributed by atoms with van der Waals surface area (Å²) in [5.41, 5.74) is 1.95. The Balaban J connectivity index is 0.000000853. The van der Waals surface area contributed by atoms with Crippen molar-refractivity contribution < 1.29 is 16.8 Å². The minimum Gasteiger partial charge on any atom is -0.254 e. The monoisotopic (exact) mass is 239 g/mol. The summed E-state index contributed by atoms with van der Waals surface area (Å²) in [6.45, 7) is 0. The van der Waals surface area contributed by atoms with E-state index in [2.05, 4.69) is 34.2 Å². The Hall–Kier alpha value is -1.45. The molecule has 3 aromatic rings. The van der Waals surface area contributed by atoms with Gasteiger partial charge in [0.25, 0.3) is 0 Å². The Morgan fingerprint density at radius 3 is 1.60 bits per heavy atom. The number of fused-ring (bicyclic) bond motifs is 3. The molecule has 2 heterocycles. The molecule has 0 saturated carbocycles. The number of hydrogen-bond acceptors (Lipinski definition) is 2. The van der Waals surface area contributed by atoms with Crippen LogP contribution < -0.4 is 0 Å². The molecule has 15 heavy (non-hydrogen) atoms. The van der Waals surface area contributed by atoms with Crippen LogP contribution in [0.5, 0.6) is 0 Å². The molecule has 0 amide bonds. The van der Waals surface area contributed by atoms with Crippen molar-refractivity contribution in [3.63, 3.8) is 0 Å². The molecule has 0 aliphatic carbocycles. The summed E-state index contributed by atoms with van der Waals surface area (Å²) in [7, 11) is 0. The van der Waals surface area contributed by atoms with Crippen LogP contribution in [0.2, 0.25) is 0 Å². The van der Waals surface area contributed by atoms with Crippen molar-refractivity contribution in [2.75, 3.05) is 0 Å². The van der Waals surface area contributed by atoms with Gasteiger partial charge < -0.3 is 0 Å². The van der Waals surface area contributed by atoms with Crippen LogP contribution in [-0.2, 0) is 16.8 Å². The summed E-state index contributed by atoms with van der Waals surface area (Å²) in [5, 5.41) is 2.28. The molecular formula is C12H8CoN2+3. The molecule has 0 unspecified atom stereocenters. The molecular weight excluding hydrogens is 231 g/mol. The van der Waals surface area contributed by atoms with Crippen molar-refractivity contribution in [2.45, 2.75) is 0 Å². The maximum Gasteiger partial charge on any atom is 3.00 e. The second-order valence-electron chi connectivity index (χ2n) is 3.22. The molecule has 2 nitrogen and oxygen atoms in total. The van der Waals surface area contributed by atoms with Crippen LogP contribution in [0.25, 0.3) is 21.8 Å². The third-order valence-corrected chi connectivity index (χ3v) is 2.34. The summed E-state index contributed by atoms with van der Waals surface area (Å²) in [5.74, 6) is 0. The first-order valence-corrected chi connectivity index (χ1v) is 4.53. The van der Waals surface area contributed by atoms with Gasteiger partial charge in [-0.3, -0.25) is 9.97 Å². The predicted octanol–water partition coefficient (Wildman–Crippen LogP) is 2.78. The number of aromatic nitrogens is 2. The van der Waals surface area contributed by atoms with E-state index in [9.17, 15) is 0 Å². The van der Waals surface area contributed by atoms with Gasteiger partial charge in [0, 0.05) is 23.2 Å². The van der Waals surface area contributed by atoms with Crippen LogP contribution in [0.4, 0.5) is 0 Å². The van der Waals surface area contributed by atoms with Gasteiger partial charge in [0.15, 0.2) is 0 Å². The van der Waals surface area contributed by atoms with Crippen molar-refractivity contribution in [3.8, 4) is 0 Å². The first-order chi connectivity index (χ1) is 6.95. The van der Waals surface area contributed by atoms with Gasteiger partial charge in [0.1, 0.15) is 0 Å². The third-order valence-electron chi connectivity index (χ3n) is 2.34. The molecule has 0 atom stereocenters. The minimum absolute atomic E-state index is 0. The molecule has 72 valence electrons. The quantitative estimate of drug-likeness (QED) is 0.564. The van der Waals surface area contributed by atoms with E-state index in [-0.39, 0.29) is 16.8 Å². The number of benzene rings is 1. The molecule has 3 heteroatoms. The van der Waals surface area contributed by atoms with Crippen molar-refractivity contribution >= 4 is 21.8 Å². The maximum absolute atomic E-state index is 4.35. The molecule has 0 saturated heterocycles. The van der Waals surface area contributed by atoms with E-state index >= 15 is 0 Å². The Kier molecular flexibility index (Phi) is 2.66. The molecule has 1 aromatic carbocycles. The van der Waals surface area contributed by atoms with Gasteiger partial charge in [-0.1, -0.05) is 24.3 Å². The Morgan fingerprint density at radius 2 is 1.13 bits per heavy atom. The van der Waals surface area contributed by atoms with E-state index in [0.717, 1.165) is 21.8 Å². The molecule has 0 bridgehead atoms. The molecule has 2 aromatic heterocycles. The van der Waals surface area contributed by atoms with Crippen molar-refractivity contribution in [1.29, 1.82) is 0 Å². The maximum atomic E-state index is 4.35. The van der Waals surface area contributed by atoms with Gasteiger partial charge in [-0.2, -0.15) is 0 Å². The zero-order valence-electron chi connectivity index (χ0n) is 7.85. The fourth-order valence-electron chi connectivity index (χ4n) is 1.68. The Labute approximate surface area is 97.6 Å². The van der Waals surface area contributed by atoms with E-state index in [0.29, 0.717) is 0 Å². The van der Waals surface area contributed by atoms with Gasteiger partial charge in [-0.15, -0.1) is 0 Å². The standard InChI is InChI=1S/C12H8N2.Co/c1-3-9-5-6-10-4-2-8-14-12(10)11(9)13-7-1;/h1-8H;/q;+3. The van der Waals surface area contributed by atoms with E-state index in [1.807, 2.05) is 12.1 Å². The number of pyridine rings is 2. The molecule has 0 aliphatic rings. The van der Waals surface area contributed by atoms with Gasteiger partial charge >= 0.3 is 16.8 Å². The normalized spacial score (nSPS) is 10.1. The van der Waals surface area contributed by atoms with Crippen molar-refractivity contribution in [3.05, 3.63) is 48.8 Å². The second-order valence-corrected chi connectivity index (χ2v) is 3.22. The fourth-order valence-corrected chi connectivity index (χ4v) is 1.68. The third kappa shape index (κ3) is 1.60. The van der Waals surface area contributed by atoms with Gasteiger partial charge in [0.05, 0.1) is 11.0 Å². The van der Waals surface area contributed by atoms with Crippen LogP contribution in [0.15, 0.2) is 48.8 Å². The molecule has 0 aliphatic heterocycles. The number of rotatable bonds is 0. The smallest absolute Gasteiger partial charge is 0.254 e. The van der Waals surface area contributed by atoms with Crippen LogP contribution in [0.3, 0.4) is 0 Å². The molecule has 0 fully saturated rings. The predicted molar refractivity (Wildman–Crippen MR) is 57.0 cm³/mol. The van der Waals surface area contributed by atoms with Gasteiger partial charge in [0.2, 0.25) is 0 Å². The van der Waals surface area contributed by atoms with Crippen LogP contribution >= 0.6 is 0 Å². The average molecular weight is 239 g/mol. The average Bonchev–Trinajstić information content (AvgIpc) is 2.29. The summed E-state index contributed by atoms with van der Waals surface area (Å²) in [6, 6.07) is 12.1. The molecule has 0 radical (unpaired) electrons. The van der Waals surface area contributed by atoms with Crippen LogP contribution in [0.1, 0.15) is 0 Å². The zero-order chi connectivity index (χ0) is 9.38. The van der Waals surface area contributed by atoms with Crippen LogP contribution in [0, 0.1) is 0 Å². The van der Waals surface area contributed by atoms with E-state index in [1.54, 1.807) is 12.4 Å².